The van der Waals surface area contributed by atoms with Gasteiger partial charge in [-0.2, -0.15) is 5.10 Å². The summed E-state index contributed by atoms with van der Waals surface area (Å²) in [5, 5.41) is 18.4. The minimum Gasteiger partial charge on any atom is -0.507 e. The van der Waals surface area contributed by atoms with Crippen LogP contribution in [0.2, 0.25) is 0 Å². The number of aryl methyl sites for hydroxylation is 2. The van der Waals surface area contributed by atoms with Gasteiger partial charge in [0.2, 0.25) is 0 Å². The average molecular weight is 484 g/mol. The van der Waals surface area contributed by atoms with E-state index < -0.39 is 6.04 Å². The largest absolute Gasteiger partial charge is 0.507 e. The molecule has 5 rings (SSSR count). The van der Waals surface area contributed by atoms with E-state index in [9.17, 15) is 9.90 Å². The first-order valence-corrected chi connectivity index (χ1v) is 12.0. The Morgan fingerprint density at radius 2 is 1.83 bits per heavy atom. The number of hydrogen-bond donors (Lipinski definition) is 2. The molecule has 1 amide bonds. The van der Waals surface area contributed by atoms with Crippen molar-refractivity contribution in [2.24, 2.45) is 0 Å². The molecule has 7 nitrogen and oxygen atoms in total. The highest BCUT2D eigenvalue weighted by molar-refractivity contribution is 6.00. The van der Waals surface area contributed by atoms with E-state index >= 15 is 0 Å². The normalized spacial score (nSPS) is 14.7. The van der Waals surface area contributed by atoms with E-state index in [4.69, 9.17) is 9.47 Å². The molecule has 1 aliphatic rings. The number of carbonyl (C=O) groups excluding carboxylic acids is 1. The first-order valence-electron chi connectivity index (χ1n) is 12.0. The van der Waals surface area contributed by atoms with E-state index in [0.717, 1.165) is 39.3 Å². The van der Waals surface area contributed by atoms with E-state index in [2.05, 4.69) is 10.2 Å². The molecule has 0 saturated heterocycles. The van der Waals surface area contributed by atoms with Crippen molar-refractivity contribution in [1.82, 2.24) is 15.1 Å². The number of amides is 1. The molecule has 1 unspecified atom stereocenters. The van der Waals surface area contributed by atoms with Crippen LogP contribution in [-0.2, 0) is 6.54 Å². The van der Waals surface area contributed by atoms with Crippen molar-refractivity contribution in [1.29, 1.82) is 0 Å². The number of fused-ring (bicyclic) bond motifs is 1. The molecule has 7 heteroatoms. The Labute approximate surface area is 210 Å². The third-order valence-corrected chi connectivity index (χ3v) is 6.56. The summed E-state index contributed by atoms with van der Waals surface area (Å²) in [6.07, 6.45) is 0. The zero-order chi connectivity index (χ0) is 25.4. The smallest absolute Gasteiger partial charge is 0.273 e. The van der Waals surface area contributed by atoms with Crippen LogP contribution in [0.1, 0.15) is 51.3 Å². The number of methoxy groups -OCH3 is 1. The SMILES string of the molecule is CCOc1cccc(C2c3c(-c4cc(C)cc(C)c4O)n[nH]c3C(=O)N2Cc2ccc(OC)cc2)c1. The lowest BCUT2D eigenvalue weighted by Crippen LogP contribution is -2.29. The van der Waals surface area contributed by atoms with Crippen LogP contribution in [0.3, 0.4) is 0 Å². The molecule has 1 aromatic heterocycles. The van der Waals surface area contributed by atoms with Gasteiger partial charge in [0.05, 0.1) is 19.8 Å². The van der Waals surface area contributed by atoms with Crippen molar-refractivity contribution in [2.45, 2.75) is 33.4 Å². The molecular formula is C29H29N3O4. The van der Waals surface area contributed by atoms with Crippen LogP contribution in [0.15, 0.2) is 60.7 Å². The third kappa shape index (κ3) is 4.06. The Bertz CT molecular complexity index is 1430. The second-order valence-electron chi connectivity index (χ2n) is 9.03. The van der Waals surface area contributed by atoms with Gasteiger partial charge in [0, 0.05) is 17.7 Å². The lowest BCUT2D eigenvalue weighted by molar-refractivity contribution is 0.0730. The second kappa shape index (κ2) is 9.41. The Morgan fingerprint density at radius 3 is 2.56 bits per heavy atom. The third-order valence-electron chi connectivity index (χ3n) is 6.56. The lowest BCUT2D eigenvalue weighted by atomic mass is 9.94. The van der Waals surface area contributed by atoms with Crippen LogP contribution >= 0.6 is 0 Å². The molecular weight excluding hydrogens is 454 g/mol. The number of phenols is 1. The van der Waals surface area contributed by atoms with Crippen LogP contribution in [0.5, 0.6) is 17.2 Å². The van der Waals surface area contributed by atoms with E-state index in [0.29, 0.717) is 30.1 Å². The quantitative estimate of drug-likeness (QED) is 0.360. The first kappa shape index (κ1) is 23.5. The number of ether oxygens (including phenoxy) is 2. The summed E-state index contributed by atoms with van der Waals surface area (Å²) in [7, 11) is 1.63. The van der Waals surface area contributed by atoms with E-state index in [1.807, 2.05) is 86.3 Å². The molecule has 0 spiro atoms. The zero-order valence-electron chi connectivity index (χ0n) is 20.8. The summed E-state index contributed by atoms with van der Waals surface area (Å²) < 4.78 is 11.1. The van der Waals surface area contributed by atoms with Crippen LogP contribution in [0.25, 0.3) is 11.3 Å². The van der Waals surface area contributed by atoms with Gasteiger partial charge in [0.1, 0.15) is 28.6 Å². The number of aromatic hydroxyl groups is 1. The minimum absolute atomic E-state index is 0.143. The number of aromatic nitrogens is 2. The van der Waals surface area contributed by atoms with Gasteiger partial charge >= 0.3 is 0 Å². The number of rotatable bonds is 7. The van der Waals surface area contributed by atoms with Crippen LogP contribution < -0.4 is 9.47 Å². The summed E-state index contributed by atoms with van der Waals surface area (Å²) in [5.41, 5.74) is 6.02. The second-order valence-corrected chi connectivity index (χ2v) is 9.03. The van der Waals surface area contributed by atoms with Crippen LogP contribution in [-0.4, -0.2) is 39.8 Å². The van der Waals surface area contributed by atoms with Crippen molar-refractivity contribution in [3.05, 3.63) is 94.2 Å². The highest BCUT2D eigenvalue weighted by Crippen LogP contribution is 2.46. The molecule has 0 bridgehead atoms. The first-order chi connectivity index (χ1) is 17.4. The summed E-state index contributed by atoms with van der Waals surface area (Å²) in [6, 6.07) is 18.9. The molecule has 0 aliphatic carbocycles. The summed E-state index contributed by atoms with van der Waals surface area (Å²) >= 11 is 0. The van der Waals surface area contributed by atoms with Gasteiger partial charge in [0.15, 0.2) is 0 Å². The topological polar surface area (TPSA) is 87.7 Å². The monoisotopic (exact) mass is 483 g/mol. The summed E-state index contributed by atoms with van der Waals surface area (Å²) in [4.78, 5) is 15.6. The molecule has 0 radical (unpaired) electrons. The predicted octanol–water partition coefficient (Wildman–Crippen LogP) is 5.55. The highest BCUT2D eigenvalue weighted by Gasteiger charge is 2.42. The number of hydrogen-bond acceptors (Lipinski definition) is 5. The fourth-order valence-corrected chi connectivity index (χ4v) is 4.92. The molecule has 4 aromatic rings. The predicted molar refractivity (Wildman–Crippen MR) is 137 cm³/mol. The van der Waals surface area contributed by atoms with Gasteiger partial charge in [-0.05, 0) is 73.4 Å². The van der Waals surface area contributed by atoms with Crippen molar-refractivity contribution in [3.63, 3.8) is 0 Å². The number of aromatic amines is 1. The van der Waals surface area contributed by atoms with Crippen LogP contribution in [0, 0.1) is 13.8 Å². The number of nitrogens with one attached hydrogen (secondary N) is 1. The molecule has 3 aromatic carbocycles. The number of phenolic OH excluding ortho intramolecular Hbond substituents is 1. The molecule has 0 fully saturated rings. The van der Waals surface area contributed by atoms with E-state index in [1.165, 1.54) is 0 Å². The Balaban J connectivity index is 1.66. The number of nitrogens with zero attached hydrogens (tertiary/aromatic N) is 2. The fraction of sp³-hybridized carbons (Fsp3) is 0.241. The molecule has 1 aliphatic heterocycles. The van der Waals surface area contributed by atoms with Gasteiger partial charge in [-0.1, -0.05) is 30.3 Å². The van der Waals surface area contributed by atoms with Crippen molar-refractivity contribution in [2.75, 3.05) is 13.7 Å². The lowest BCUT2D eigenvalue weighted by Gasteiger charge is -2.27. The molecule has 2 heterocycles. The standard InChI is InChI=1S/C29H29N3O4/c1-5-36-22-8-6-7-20(15-22)27-24-25(23-14-17(2)13-18(3)28(23)33)30-31-26(24)29(34)32(27)16-19-9-11-21(35-4)12-10-19/h6-15,27,33H,5,16H2,1-4H3,(H,30,31). The molecule has 2 N–H and O–H groups in total. The van der Waals surface area contributed by atoms with Crippen molar-refractivity contribution >= 4 is 5.91 Å². The number of benzene rings is 3. The molecule has 184 valence electrons. The maximum absolute atomic E-state index is 13.7. The fourth-order valence-electron chi connectivity index (χ4n) is 4.92. The van der Waals surface area contributed by atoms with Crippen LogP contribution in [0.4, 0.5) is 0 Å². The molecule has 36 heavy (non-hydrogen) atoms. The van der Waals surface area contributed by atoms with Gasteiger partial charge in [-0.15, -0.1) is 0 Å². The average Bonchev–Trinajstić information content (AvgIpc) is 3.41. The maximum Gasteiger partial charge on any atom is 0.273 e. The Hall–Kier alpha value is -4.26. The Kier molecular flexibility index (Phi) is 6.14. The number of H-pyrrole nitrogens is 1. The summed E-state index contributed by atoms with van der Waals surface area (Å²) in [5.74, 6) is 1.52. The van der Waals surface area contributed by atoms with E-state index in [1.54, 1.807) is 7.11 Å². The highest BCUT2D eigenvalue weighted by atomic mass is 16.5. The van der Waals surface area contributed by atoms with Gasteiger partial charge in [-0.25, -0.2) is 0 Å². The Morgan fingerprint density at radius 1 is 1.06 bits per heavy atom. The van der Waals surface area contributed by atoms with Crippen molar-refractivity contribution in [3.8, 4) is 28.5 Å². The van der Waals surface area contributed by atoms with Gasteiger partial charge in [-0.3, -0.25) is 9.89 Å². The van der Waals surface area contributed by atoms with E-state index in [-0.39, 0.29) is 11.7 Å². The minimum atomic E-state index is -0.413. The zero-order valence-corrected chi connectivity index (χ0v) is 20.8. The summed E-state index contributed by atoms with van der Waals surface area (Å²) in [6.45, 7) is 6.72. The molecule has 0 saturated carbocycles. The molecule has 1 atom stereocenters. The van der Waals surface area contributed by atoms with Crippen molar-refractivity contribution < 1.29 is 19.4 Å². The van der Waals surface area contributed by atoms with Gasteiger partial charge in [0.25, 0.3) is 5.91 Å². The van der Waals surface area contributed by atoms with Gasteiger partial charge < -0.3 is 19.5 Å². The number of carbonyl (C=O) groups is 1. The maximum atomic E-state index is 13.7.